The van der Waals surface area contributed by atoms with Gasteiger partial charge >= 0.3 is 0 Å². The first kappa shape index (κ1) is 22.6. The summed E-state index contributed by atoms with van der Waals surface area (Å²) in [6, 6.07) is 7.58. The minimum atomic E-state index is 0. The van der Waals surface area contributed by atoms with Gasteiger partial charge in [0.25, 0.3) is 0 Å². The van der Waals surface area contributed by atoms with E-state index in [1.807, 2.05) is 24.3 Å². The lowest BCUT2D eigenvalue weighted by atomic mass is 10.1. The minimum Gasteiger partial charge on any atom is -0.497 e. The molecule has 146 valence electrons. The molecule has 6 nitrogen and oxygen atoms in total. The summed E-state index contributed by atoms with van der Waals surface area (Å²) >= 11 is 0. The predicted octanol–water partition coefficient (Wildman–Crippen LogP) is 2.98. The van der Waals surface area contributed by atoms with Gasteiger partial charge in [0, 0.05) is 13.1 Å². The highest BCUT2D eigenvalue weighted by Gasteiger charge is 2.03. The van der Waals surface area contributed by atoms with Crippen LogP contribution in [0.2, 0.25) is 0 Å². The van der Waals surface area contributed by atoms with E-state index in [4.69, 9.17) is 14.2 Å². The van der Waals surface area contributed by atoms with Crippen LogP contribution in [0.1, 0.15) is 19.8 Å². The van der Waals surface area contributed by atoms with Gasteiger partial charge < -0.3 is 24.8 Å². The van der Waals surface area contributed by atoms with Crippen LogP contribution >= 0.6 is 24.0 Å². The van der Waals surface area contributed by atoms with Crippen molar-refractivity contribution in [2.75, 3.05) is 46.6 Å². The zero-order valence-electron chi connectivity index (χ0n) is 15.6. The fourth-order valence-electron chi connectivity index (χ4n) is 2.46. The number of hydrogen-bond acceptors (Lipinski definition) is 4. The van der Waals surface area contributed by atoms with Gasteiger partial charge in [-0.2, -0.15) is 0 Å². The molecule has 0 unspecified atom stereocenters. The lowest BCUT2D eigenvalue weighted by Crippen LogP contribution is -2.39. The number of guanidine groups is 1. The topological polar surface area (TPSA) is 64.1 Å². The van der Waals surface area contributed by atoms with E-state index in [1.165, 1.54) is 5.57 Å². The molecule has 0 bridgehead atoms. The predicted molar refractivity (Wildman–Crippen MR) is 116 cm³/mol. The van der Waals surface area contributed by atoms with Crippen molar-refractivity contribution >= 4 is 29.9 Å². The van der Waals surface area contributed by atoms with Crippen LogP contribution < -0.4 is 20.1 Å². The van der Waals surface area contributed by atoms with Crippen molar-refractivity contribution in [3.8, 4) is 11.5 Å². The first-order chi connectivity index (χ1) is 12.3. The summed E-state index contributed by atoms with van der Waals surface area (Å²) in [4.78, 5) is 4.62. The summed E-state index contributed by atoms with van der Waals surface area (Å²) < 4.78 is 16.2. The van der Waals surface area contributed by atoms with Gasteiger partial charge in [0.1, 0.15) is 18.1 Å². The zero-order valence-corrected chi connectivity index (χ0v) is 18.0. The van der Waals surface area contributed by atoms with Crippen LogP contribution in [-0.2, 0) is 4.74 Å². The zero-order chi connectivity index (χ0) is 17.7. The molecule has 1 aromatic carbocycles. The van der Waals surface area contributed by atoms with Gasteiger partial charge in [0.15, 0.2) is 5.96 Å². The van der Waals surface area contributed by atoms with Gasteiger partial charge in [-0.3, -0.25) is 4.99 Å². The number of benzene rings is 1. The first-order valence-electron chi connectivity index (χ1n) is 8.86. The summed E-state index contributed by atoms with van der Waals surface area (Å²) in [6.07, 6.45) is 4.18. The molecular formula is C19H30IN3O3. The van der Waals surface area contributed by atoms with Crippen molar-refractivity contribution in [2.24, 2.45) is 4.99 Å². The highest BCUT2D eigenvalue weighted by atomic mass is 127. The third-order valence-electron chi connectivity index (χ3n) is 3.83. The van der Waals surface area contributed by atoms with Gasteiger partial charge in [-0.15, -0.1) is 24.0 Å². The molecule has 1 aliphatic heterocycles. The van der Waals surface area contributed by atoms with Crippen molar-refractivity contribution in [1.82, 2.24) is 10.6 Å². The number of methoxy groups -OCH3 is 1. The van der Waals surface area contributed by atoms with Crippen molar-refractivity contribution in [3.05, 3.63) is 35.9 Å². The van der Waals surface area contributed by atoms with E-state index in [1.54, 1.807) is 7.11 Å². The molecule has 0 aliphatic carbocycles. The van der Waals surface area contributed by atoms with E-state index < -0.39 is 0 Å². The van der Waals surface area contributed by atoms with Crippen LogP contribution in [0.5, 0.6) is 11.5 Å². The molecule has 0 spiro atoms. The minimum absolute atomic E-state index is 0. The van der Waals surface area contributed by atoms with Crippen molar-refractivity contribution in [1.29, 1.82) is 0 Å². The fraction of sp³-hybridized carbons (Fsp3) is 0.526. The van der Waals surface area contributed by atoms with E-state index in [0.29, 0.717) is 13.2 Å². The summed E-state index contributed by atoms with van der Waals surface area (Å²) in [6.45, 7) is 6.50. The summed E-state index contributed by atoms with van der Waals surface area (Å²) in [5, 5.41) is 6.55. The Balaban J connectivity index is 0.00000338. The maximum absolute atomic E-state index is 5.71. The molecule has 1 aliphatic rings. The molecule has 0 aromatic heterocycles. The van der Waals surface area contributed by atoms with Crippen molar-refractivity contribution < 1.29 is 14.2 Å². The second kappa shape index (κ2) is 13.7. The lowest BCUT2D eigenvalue weighted by molar-refractivity contribution is 0.153. The van der Waals surface area contributed by atoms with Gasteiger partial charge in [-0.1, -0.05) is 11.6 Å². The molecule has 1 heterocycles. The van der Waals surface area contributed by atoms with Crippen LogP contribution in [0.4, 0.5) is 0 Å². The Morgan fingerprint density at radius 1 is 1.19 bits per heavy atom. The Morgan fingerprint density at radius 3 is 2.62 bits per heavy atom. The van der Waals surface area contributed by atoms with Crippen LogP contribution in [0, 0.1) is 0 Å². The normalized spacial score (nSPS) is 14.1. The number of aliphatic imine (C=N–C) groups is 1. The Hall–Kier alpha value is -1.48. The second-order valence-electron chi connectivity index (χ2n) is 5.65. The molecule has 2 rings (SSSR count). The lowest BCUT2D eigenvalue weighted by Gasteiger charge is -2.14. The molecule has 26 heavy (non-hydrogen) atoms. The standard InChI is InChI=1S/C19H29N3O3.HI/c1-3-20-19(21-11-8-16-9-13-24-14-10-16)22-12-15-25-18-6-4-17(23-2)5-7-18;/h4-7,9H,3,8,10-15H2,1-2H3,(H2,20,21,22);1H. The van der Waals surface area contributed by atoms with Crippen LogP contribution in [-0.4, -0.2) is 52.5 Å². The smallest absolute Gasteiger partial charge is 0.191 e. The Morgan fingerprint density at radius 2 is 1.96 bits per heavy atom. The quantitative estimate of drug-likeness (QED) is 0.189. The molecule has 0 fully saturated rings. The summed E-state index contributed by atoms with van der Waals surface area (Å²) in [7, 11) is 1.65. The Labute approximate surface area is 173 Å². The molecule has 2 N–H and O–H groups in total. The molecule has 0 radical (unpaired) electrons. The van der Waals surface area contributed by atoms with Gasteiger partial charge in [-0.25, -0.2) is 0 Å². The first-order valence-corrected chi connectivity index (χ1v) is 8.86. The highest BCUT2D eigenvalue weighted by molar-refractivity contribution is 14.0. The van der Waals surface area contributed by atoms with Crippen LogP contribution in [0.25, 0.3) is 0 Å². The van der Waals surface area contributed by atoms with Crippen LogP contribution in [0.3, 0.4) is 0 Å². The van der Waals surface area contributed by atoms with E-state index in [-0.39, 0.29) is 24.0 Å². The Bertz CT molecular complexity index is 562. The van der Waals surface area contributed by atoms with E-state index in [9.17, 15) is 0 Å². The largest absolute Gasteiger partial charge is 0.497 e. The Kier molecular flexibility index (Phi) is 11.9. The molecule has 0 saturated heterocycles. The maximum atomic E-state index is 5.71. The highest BCUT2D eigenvalue weighted by Crippen LogP contribution is 2.16. The average Bonchev–Trinajstić information content (AvgIpc) is 2.66. The molecule has 7 heteroatoms. The number of ether oxygens (including phenoxy) is 3. The third-order valence-corrected chi connectivity index (χ3v) is 3.83. The van der Waals surface area contributed by atoms with E-state index in [0.717, 1.165) is 56.6 Å². The summed E-state index contributed by atoms with van der Waals surface area (Å²) in [5.74, 6) is 2.48. The monoisotopic (exact) mass is 475 g/mol. The van der Waals surface area contributed by atoms with Crippen LogP contribution in [0.15, 0.2) is 40.9 Å². The number of nitrogens with one attached hydrogen (secondary N) is 2. The van der Waals surface area contributed by atoms with E-state index in [2.05, 4.69) is 28.6 Å². The van der Waals surface area contributed by atoms with E-state index >= 15 is 0 Å². The van der Waals surface area contributed by atoms with Gasteiger partial charge in [-0.05, 0) is 44.0 Å². The number of halogens is 1. The van der Waals surface area contributed by atoms with Gasteiger partial charge in [0.2, 0.25) is 0 Å². The molecular weight excluding hydrogens is 445 g/mol. The molecule has 1 aromatic rings. The molecule has 0 saturated carbocycles. The SMILES string of the molecule is CCNC(=NCCC1=CCOCC1)NCCOc1ccc(OC)cc1.I. The second-order valence-corrected chi connectivity index (χ2v) is 5.65. The van der Waals surface area contributed by atoms with Crippen molar-refractivity contribution in [2.45, 2.75) is 19.8 Å². The fourth-order valence-corrected chi connectivity index (χ4v) is 2.46. The third kappa shape index (κ3) is 8.75. The number of rotatable bonds is 9. The number of nitrogens with zero attached hydrogens (tertiary/aromatic N) is 1. The molecule has 0 atom stereocenters. The average molecular weight is 475 g/mol. The maximum Gasteiger partial charge on any atom is 0.191 e. The summed E-state index contributed by atoms with van der Waals surface area (Å²) in [5.41, 5.74) is 1.44. The van der Waals surface area contributed by atoms with Crippen molar-refractivity contribution in [3.63, 3.8) is 0 Å². The molecule has 0 amide bonds. The number of hydrogen-bond donors (Lipinski definition) is 2. The van der Waals surface area contributed by atoms with Gasteiger partial charge in [0.05, 0.1) is 26.9 Å².